The number of hydrogen-bond acceptors (Lipinski definition) is 2. The Bertz CT molecular complexity index is 189. The van der Waals surface area contributed by atoms with Gasteiger partial charge in [-0.2, -0.15) is 0 Å². The average molecular weight is 237 g/mol. The Labute approximate surface area is 96.2 Å². The van der Waals surface area contributed by atoms with Crippen molar-refractivity contribution in [2.45, 2.75) is 25.8 Å². The van der Waals surface area contributed by atoms with Crippen LogP contribution in [0.4, 0.5) is 0 Å². The first-order valence-electron chi connectivity index (χ1n) is 5.17. The molecule has 1 heterocycles. The molecule has 4 heteroatoms. The second kappa shape index (κ2) is 6.67. The summed E-state index contributed by atoms with van der Waals surface area (Å²) in [6.07, 6.45) is 2.42. The minimum Gasteiger partial charge on any atom is -0.317 e. The quantitative estimate of drug-likeness (QED) is 0.807. The molecular weight excluding hydrogens is 219 g/mol. The molecule has 0 aromatic carbocycles. The summed E-state index contributed by atoms with van der Waals surface area (Å²) in [5.74, 6) is 0. The van der Waals surface area contributed by atoms with Gasteiger partial charge in [-0.25, -0.2) is 0 Å². The van der Waals surface area contributed by atoms with Crippen molar-refractivity contribution >= 4 is 23.2 Å². The molecule has 82 valence electrons. The lowest BCUT2D eigenvalue weighted by Crippen LogP contribution is -2.43. The van der Waals surface area contributed by atoms with Crippen LogP contribution in [0, 0.1) is 0 Å². The number of likely N-dealkylation sites (N-methyl/N-ethyl adjacent to an activating group) is 1. The van der Waals surface area contributed by atoms with Crippen molar-refractivity contribution in [3.8, 4) is 0 Å². The molecule has 1 aliphatic rings. The van der Waals surface area contributed by atoms with Gasteiger partial charge in [0.2, 0.25) is 0 Å². The third-order valence-electron chi connectivity index (χ3n) is 2.70. The molecule has 0 aromatic heterocycles. The second-order valence-electron chi connectivity index (χ2n) is 3.60. The fourth-order valence-electron chi connectivity index (χ4n) is 1.90. The second-order valence-corrected chi connectivity index (χ2v) is 4.30. The fraction of sp³-hybridized carbons (Fsp3) is 0.800. The van der Waals surface area contributed by atoms with Crippen LogP contribution in [0.3, 0.4) is 0 Å². The molecule has 0 spiro atoms. The van der Waals surface area contributed by atoms with Gasteiger partial charge >= 0.3 is 0 Å². The Hall–Kier alpha value is 0.240. The maximum Gasteiger partial charge on any atom is 0.0434 e. The standard InChI is InChI=1S/C10H18Cl2N2/c1-2-14(8-9(12)7-11)10-3-5-13-6-4-10/h7,10,13H,2-6,8H2,1H3. The minimum absolute atomic E-state index is 0.659. The SMILES string of the molecule is CCN(CC(Cl)=CCl)C1CCNCC1. The Morgan fingerprint density at radius 2 is 2.14 bits per heavy atom. The van der Waals surface area contributed by atoms with Crippen LogP contribution in [0.1, 0.15) is 19.8 Å². The Kier molecular flexibility index (Phi) is 5.87. The molecule has 1 aliphatic heterocycles. The van der Waals surface area contributed by atoms with Gasteiger partial charge in [-0.05, 0) is 32.5 Å². The summed E-state index contributed by atoms with van der Waals surface area (Å²) in [6.45, 7) is 6.21. The zero-order valence-corrected chi connectivity index (χ0v) is 10.1. The van der Waals surface area contributed by atoms with Crippen molar-refractivity contribution in [1.29, 1.82) is 0 Å². The summed E-state index contributed by atoms with van der Waals surface area (Å²) >= 11 is 11.5. The van der Waals surface area contributed by atoms with Gasteiger partial charge in [0, 0.05) is 23.2 Å². The van der Waals surface area contributed by atoms with Gasteiger partial charge in [0.1, 0.15) is 0 Å². The van der Waals surface area contributed by atoms with Crippen molar-refractivity contribution < 1.29 is 0 Å². The zero-order valence-electron chi connectivity index (χ0n) is 8.60. The van der Waals surface area contributed by atoms with E-state index in [1.807, 2.05) is 0 Å². The van der Waals surface area contributed by atoms with Gasteiger partial charge in [0.25, 0.3) is 0 Å². The van der Waals surface area contributed by atoms with E-state index in [0.717, 1.165) is 31.2 Å². The summed E-state index contributed by atoms with van der Waals surface area (Å²) in [4.78, 5) is 2.39. The largest absolute Gasteiger partial charge is 0.317 e. The molecule has 0 radical (unpaired) electrons. The highest BCUT2D eigenvalue weighted by molar-refractivity contribution is 6.36. The third-order valence-corrected chi connectivity index (χ3v) is 3.31. The molecule has 1 fully saturated rings. The van der Waals surface area contributed by atoms with Gasteiger partial charge in [-0.1, -0.05) is 30.1 Å². The molecule has 1 N–H and O–H groups in total. The van der Waals surface area contributed by atoms with Gasteiger partial charge < -0.3 is 5.32 Å². The normalized spacial score (nSPS) is 20.4. The van der Waals surface area contributed by atoms with Crippen molar-refractivity contribution in [1.82, 2.24) is 10.2 Å². The van der Waals surface area contributed by atoms with Crippen LogP contribution < -0.4 is 5.32 Å². The lowest BCUT2D eigenvalue weighted by Gasteiger charge is -2.33. The van der Waals surface area contributed by atoms with Crippen molar-refractivity contribution in [2.75, 3.05) is 26.2 Å². The predicted octanol–water partition coefficient (Wildman–Crippen LogP) is 2.38. The van der Waals surface area contributed by atoms with Crippen molar-refractivity contribution in [2.24, 2.45) is 0 Å². The van der Waals surface area contributed by atoms with E-state index in [1.54, 1.807) is 0 Å². The number of halogens is 2. The Balaban J connectivity index is 2.43. The lowest BCUT2D eigenvalue weighted by atomic mass is 10.0. The maximum atomic E-state index is 5.93. The van der Waals surface area contributed by atoms with Crippen LogP contribution in [-0.4, -0.2) is 37.1 Å². The Morgan fingerprint density at radius 1 is 1.50 bits per heavy atom. The van der Waals surface area contributed by atoms with E-state index >= 15 is 0 Å². The summed E-state index contributed by atoms with van der Waals surface area (Å²) in [6, 6.07) is 0.659. The van der Waals surface area contributed by atoms with Crippen LogP contribution >= 0.6 is 23.2 Å². The van der Waals surface area contributed by atoms with E-state index in [4.69, 9.17) is 23.2 Å². The van der Waals surface area contributed by atoms with Crippen LogP contribution in [0.2, 0.25) is 0 Å². The van der Waals surface area contributed by atoms with Gasteiger partial charge in [-0.15, -0.1) is 0 Å². The number of piperidine rings is 1. The molecule has 1 saturated heterocycles. The van der Waals surface area contributed by atoms with Gasteiger partial charge in [0.15, 0.2) is 0 Å². The van der Waals surface area contributed by atoms with Crippen LogP contribution in [0.5, 0.6) is 0 Å². The molecule has 0 aromatic rings. The maximum absolute atomic E-state index is 5.93. The average Bonchev–Trinajstić information content (AvgIpc) is 2.26. The molecule has 0 bridgehead atoms. The number of rotatable bonds is 4. The number of hydrogen-bond donors (Lipinski definition) is 1. The van der Waals surface area contributed by atoms with Gasteiger partial charge in [-0.3, -0.25) is 4.90 Å². The lowest BCUT2D eigenvalue weighted by molar-refractivity contribution is 0.186. The van der Waals surface area contributed by atoms with E-state index in [1.165, 1.54) is 18.4 Å². The first kappa shape index (κ1) is 12.3. The molecular formula is C10H18Cl2N2. The molecule has 0 unspecified atom stereocenters. The summed E-state index contributed by atoms with van der Waals surface area (Å²) in [5, 5.41) is 4.09. The molecule has 14 heavy (non-hydrogen) atoms. The number of nitrogens with one attached hydrogen (secondary N) is 1. The predicted molar refractivity (Wildman–Crippen MR) is 62.9 cm³/mol. The molecule has 0 amide bonds. The summed E-state index contributed by atoms with van der Waals surface area (Å²) < 4.78 is 0. The molecule has 0 saturated carbocycles. The van der Waals surface area contributed by atoms with Crippen molar-refractivity contribution in [3.05, 3.63) is 10.6 Å². The van der Waals surface area contributed by atoms with Gasteiger partial charge in [0.05, 0.1) is 0 Å². The monoisotopic (exact) mass is 236 g/mol. The topological polar surface area (TPSA) is 15.3 Å². The van der Waals surface area contributed by atoms with E-state index in [9.17, 15) is 0 Å². The first-order valence-corrected chi connectivity index (χ1v) is 5.99. The highest BCUT2D eigenvalue weighted by Crippen LogP contribution is 2.15. The Morgan fingerprint density at radius 3 is 2.64 bits per heavy atom. The van der Waals surface area contributed by atoms with Crippen LogP contribution in [0.25, 0.3) is 0 Å². The number of nitrogens with zero attached hydrogens (tertiary/aromatic N) is 1. The summed E-state index contributed by atoms with van der Waals surface area (Å²) in [7, 11) is 0. The smallest absolute Gasteiger partial charge is 0.0434 e. The molecule has 0 atom stereocenters. The third kappa shape index (κ3) is 3.77. The fourth-order valence-corrected chi connectivity index (χ4v) is 2.12. The van der Waals surface area contributed by atoms with Crippen LogP contribution in [0.15, 0.2) is 10.6 Å². The molecule has 2 nitrogen and oxygen atoms in total. The molecule has 0 aliphatic carbocycles. The highest BCUT2D eigenvalue weighted by Gasteiger charge is 2.19. The minimum atomic E-state index is 0.659. The summed E-state index contributed by atoms with van der Waals surface area (Å²) in [5.41, 5.74) is 1.46. The van der Waals surface area contributed by atoms with Crippen LogP contribution in [-0.2, 0) is 0 Å². The first-order chi connectivity index (χ1) is 6.77. The van der Waals surface area contributed by atoms with Crippen molar-refractivity contribution in [3.63, 3.8) is 0 Å². The van der Waals surface area contributed by atoms with E-state index < -0.39 is 0 Å². The zero-order chi connectivity index (χ0) is 10.4. The van der Waals surface area contributed by atoms with E-state index in [-0.39, 0.29) is 0 Å². The highest BCUT2D eigenvalue weighted by atomic mass is 35.5. The van der Waals surface area contributed by atoms with E-state index in [2.05, 4.69) is 17.1 Å². The molecule has 1 rings (SSSR count). The van der Waals surface area contributed by atoms with E-state index in [0.29, 0.717) is 6.04 Å².